The second kappa shape index (κ2) is 2.74. The molecule has 0 saturated heterocycles. The number of aromatic nitrogens is 3. The van der Waals surface area contributed by atoms with Gasteiger partial charge < -0.3 is 5.11 Å². The van der Waals surface area contributed by atoms with E-state index in [1.807, 2.05) is 0 Å². The van der Waals surface area contributed by atoms with Crippen LogP contribution >= 0.6 is 0 Å². The molecule has 0 aliphatic heterocycles. The van der Waals surface area contributed by atoms with Crippen LogP contribution in [0.2, 0.25) is 0 Å². The molecule has 2 aromatic heterocycles. The van der Waals surface area contributed by atoms with E-state index in [2.05, 4.69) is 15.4 Å². The largest absolute Gasteiger partial charge is 0.465 e. The van der Waals surface area contributed by atoms with Gasteiger partial charge in [-0.3, -0.25) is 5.32 Å². The van der Waals surface area contributed by atoms with E-state index in [1.54, 1.807) is 18.5 Å². The molecule has 2 heterocycles. The van der Waals surface area contributed by atoms with E-state index in [0.717, 1.165) is 0 Å². The van der Waals surface area contributed by atoms with Crippen LogP contribution in [0.25, 0.3) is 5.65 Å². The number of rotatable bonds is 1. The highest BCUT2D eigenvalue weighted by Gasteiger charge is 2.00. The van der Waals surface area contributed by atoms with E-state index in [0.29, 0.717) is 11.3 Å². The van der Waals surface area contributed by atoms with Gasteiger partial charge in [-0.05, 0) is 0 Å². The van der Waals surface area contributed by atoms with Gasteiger partial charge in [-0.15, -0.1) is 0 Å². The zero-order chi connectivity index (χ0) is 9.26. The Labute approximate surface area is 72.8 Å². The maximum atomic E-state index is 10.3. The highest BCUT2D eigenvalue weighted by Crippen LogP contribution is 2.05. The molecule has 0 aliphatic carbocycles. The van der Waals surface area contributed by atoms with E-state index >= 15 is 0 Å². The number of fused-ring (bicyclic) bond motifs is 1. The lowest BCUT2D eigenvalue weighted by molar-refractivity contribution is 0.209. The summed E-state index contributed by atoms with van der Waals surface area (Å²) in [5.41, 5.74) is 1.07. The molecule has 0 aliphatic rings. The minimum absolute atomic E-state index is 0.392. The number of anilines is 1. The van der Waals surface area contributed by atoms with E-state index < -0.39 is 6.09 Å². The van der Waals surface area contributed by atoms with Crippen molar-refractivity contribution < 1.29 is 9.90 Å². The van der Waals surface area contributed by atoms with Crippen LogP contribution in [0.3, 0.4) is 0 Å². The van der Waals surface area contributed by atoms with Crippen molar-refractivity contribution in [2.24, 2.45) is 0 Å². The van der Waals surface area contributed by atoms with Crippen LogP contribution in [0.5, 0.6) is 0 Å². The summed E-state index contributed by atoms with van der Waals surface area (Å²) in [6, 6.07) is 1.73. The summed E-state index contributed by atoms with van der Waals surface area (Å²) >= 11 is 0. The molecular formula is C7H6N4O2. The van der Waals surface area contributed by atoms with Crippen molar-refractivity contribution in [3.05, 3.63) is 24.7 Å². The van der Waals surface area contributed by atoms with Crippen molar-refractivity contribution in [3.63, 3.8) is 0 Å². The highest BCUT2D eigenvalue weighted by molar-refractivity contribution is 5.82. The van der Waals surface area contributed by atoms with Gasteiger partial charge >= 0.3 is 6.09 Å². The summed E-state index contributed by atoms with van der Waals surface area (Å²) in [5, 5.41) is 14.5. The zero-order valence-corrected chi connectivity index (χ0v) is 6.51. The van der Waals surface area contributed by atoms with Gasteiger partial charge in [0.05, 0.1) is 24.3 Å². The Hall–Kier alpha value is -2.11. The van der Waals surface area contributed by atoms with Crippen molar-refractivity contribution in [2.45, 2.75) is 0 Å². The molecule has 0 spiro atoms. The quantitative estimate of drug-likeness (QED) is 0.677. The number of amides is 1. The minimum Gasteiger partial charge on any atom is -0.465 e. The van der Waals surface area contributed by atoms with Crippen LogP contribution in [-0.2, 0) is 0 Å². The second-order valence-electron chi connectivity index (χ2n) is 2.41. The summed E-state index contributed by atoms with van der Waals surface area (Å²) in [5.74, 6) is 0. The molecule has 66 valence electrons. The number of nitrogens with one attached hydrogen (secondary N) is 1. The molecule has 0 radical (unpaired) electrons. The third-order valence-electron chi connectivity index (χ3n) is 1.50. The molecule has 2 N–H and O–H groups in total. The molecule has 0 bridgehead atoms. The van der Waals surface area contributed by atoms with Crippen LogP contribution in [0.4, 0.5) is 10.5 Å². The predicted octanol–water partition coefficient (Wildman–Crippen LogP) is 0.819. The normalized spacial score (nSPS) is 10.2. The number of hydrogen-bond donors (Lipinski definition) is 2. The monoisotopic (exact) mass is 178 g/mol. The van der Waals surface area contributed by atoms with Crippen LogP contribution < -0.4 is 5.32 Å². The Morgan fingerprint density at radius 2 is 2.46 bits per heavy atom. The van der Waals surface area contributed by atoms with Crippen molar-refractivity contribution >= 4 is 17.4 Å². The fourth-order valence-electron chi connectivity index (χ4n) is 0.998. The lowest BCUT2D eigenvalue weighted by atomic mass is 10.5. The Kier molecular flexibility index (Phi) is 1.59. The van der Waals surface area contributed by atoms with E-state index in [1.165, 1.54) is 10.7 Å². The molecule has 2 rings (SSSR count). The van der Waals surface area contributed by atoms with Gasteiger partial charge in [-0.1, -0.05) is 0 Å². The van der Waals surface area contributed by atoms with Crippen molar-refractivity contribution in [2.75, 3.05) is 5.32 Å². The van der Waals surface area contributed by atoms with Gasteiger partial charge in [-0.25, -0.2) is 14.3 Å². The molecular weight excluding hydrogens is 172 g/mol. The first kappa shape index (κ1) is 7.53. The maximum absolute atomic E-state index is 10.3. The van der Waals surface area contributed by atoms with E-state index in [9.17, 15) is 4.79 Å². The minimum atomic E-state index is -1.12. The molecule has 0 saturated carbocycles. The summed E-state index contributed by atoms with van der Waals surface area (Å²) in [4.78, 5) is 14.2. The maximum Gasteiger partial charge on any atom is 0.409 e. The summed E-state index contributed by atoms with van der Waals surface area (Å²) < 4.78 is 1.49. The van der Waals surface area contributed by atoms with Gasteiger partial charge in [0, 0.05) is 6.07 Å². The molecule has 0 fully saturated rings. The van der Waals surface area contributed by atoms with Crippen LogP contribution in [0.15, 0.2) is 24.7 Å². The Morgan fingerprint density at radius 1 is 1.62 bits per heavy atom. The van der Waals surface area contributed by atoms with Gasteiger partial charge in [0.2, 0.25) is 0 Å². The Balaban J connectivity index is 2.42. The molecule has 13 heavy (non-hydrogen) atoms. The molecule has 0 aromatic carbocycles. The van der Waals surface area contributed by atoms with Gasteiger partial charge in [0.15, 0.2) is 5.65 Å². The van der Waals surface area contributed by atoms with Crippen molar-refractivity contribution in [1.82, 2.24) is 14.6 Å². The summed E-state index contributed by atoms with van der Waals surface area (Å²) in [6.07, 6.45) is 3.46. The molecule has 0 unspecified atom stereocenters. The van der Waals surface area contributed by atoms with Gasteiger partial charge in [0.25, 0.3) is 0 Å². The number of carboxylic acid groups (broad SMARTS) is 1. The second-order valence-corrected chi connectivity index (χ2v) is 2.41. The lowest BCUT2D eigenvalue weighted by Gasteiger charge is -1.99. The number of hydrogen-bond acceptors (Lipinski definition) is 3. The van der Waals surface area contributed by atoms with Gasteiger partial charge in [-0.2, -0.15) is 5.10 Å². The topological polar surface area (TPSA) is 79.5 Å². The van der Waals surface area contributed by atoms with E-state index in [-0.39, 0.29) is 0 Å². The fraction of sp³-hybridized carbons (Fsp3) is 0. The molecule has 6 heteroatoms. The predicted molar refractivity (Wildman–Crippen MR) is 44.6 cm³/mol. The van der Waals surface area contributed by atoms with Crippen molar-refractivity contribution in [1.29, 1.82) is 0 Å². The molecule has 2 aromatic rings. The standard InChI is InChI=1S/C7H6N4O2/c12-7(13)10-5-3-8-6-1-2-9-11(6)4-5/h1-4,10H,(H,12,13). The average molecular weight is 178 g/mol. The van der Waals surface area contributed by atoms with Crippen molar-refractivity contribution in [3.8, 4) is 0 Å². The first-order valence-electron chi connectivity index (χ1n) is 3.55. The number of carbonyl (C=O) groups is 1. The van der Waals surface area contributed by atoms with Gasteiger partial charge in [0.1, 0.15) is 0 Å². The summed E-state index contributed by atoms with van der Waals surface area (Å²) in [6.45, 7) is 0. The Bertz CT molecular complexity index is 450. The third kappa shape index (κ3) is 1.41. The average Bonchev–Trinajstić information content (AvgIpc) is 2.49. The first-order chi connectivity index (χ1) is 6.25. The van der Waals surface area contributed by atoms with Crippen LogP contribution in [-0.4, -0.2) is 25.8 Å². The van der Waals surface area contributed by atoms with Crippen LogP contribution in [0, 0.1) is 0 Å². The van der Waals surface area contributed by atoms with E-state index in [4.69, 9.17) is 5.11 Å². The number of nitrogens with zero attached hydrogens (tertiary/aromatic N) is 3. The first-order valence-corrected chi connectivity index (χ1v) is 3.55. The highest BCUT2D eigenvalue weighted by atomic mass is 16.4. The zero-order valence-electron chi connectivity index (χ0n) is 6.51. The SMILES string of the molecule is O=C(O)Nc1cnc2ccnn2c1. The fourth-order valence-corrected chi connectivity index (χ4v) is 0.998. The van der Waals surface area contributed by atoms with Crippen LogP contribution in [0.1, 0.15) is 0 Å². The Morgan fingerprint density at radius 3 is 3.23 bits per heavy atom. The molecule has 1 amide bonds. The molecule has 0 atom stereocenters. The third-order valence-corrected chi connectivity index (χ3v) is 1.50. The lowest BCUT2D eigenvalue weighted by Crippen LogP contribution is -2.08. The smallest absolute Gasteiger partial charge is 0.409 e. The summed E-state index contributed by atoms with van der Waals surface area (Å²) in [7, 11) is 0. The molecule has 6 nitrogen and oxygen atoms in total.